The molecule has 0 aromatic carbocycles. The second-order valence-corrected chi connectivity index (χ2v) is 6.64. The number of hydrogen-bond acceptors (Lipinski definition) is 7. The van der Waals surface area contributed by atoms with Crippen LogP contribution in [0.25, 0.3) is 11.2 Å². The van der Waals surface area contributed by atoms with E-state index in [0.717, 1.165) is 17.7 Å². The Kier molecular flexibility index (Phi) is 8.06. The van der Waals surface area contributed by atoms with Crippen molar-refractivity contribution in [2.24, 2.45) is 0 Å². The molecule has 0 aliphatic carbocycles. The van der Waals surface area contributed by atoms with Crippen molar-refractivity contribution < 1.29 is 33.0 Å². The molecule has 0 unspecified atom stereocenters. The zero-order valence-electron chi connectivity index (χ0n) is 16.6. The Morgan fingerprint density at radius 2 is 1.78 bits per heavy atom. The fourth-order valence-electron chi connectivity index (χ4n) is 2.85. The maximum Gasteiger partial charge on any atom is 0.490 e. The number of fused-ring (bicyclic) bond motifs is 1. The first kappa shape index (κ1) is 25.0. The van der Waals surface area contributed by atoms with Crippen LogP contribution < -0.4 is 15.9 Å². The van der Waals surface area contributed by atoms with E-state index in [4.69, 9.17) is 26.6 Å². The lowest BCUT2D eigenvalue weighted by Crippen LogP contribution is -2.44. The third-order valence-corrected chi connectivity index (χ3v) is 4.34. The summed E-state index contributed by atoms with van der Waals surface area (Å²) >= 11 is 6.05. The predicted molar refractivity (Wildman–Crippen MR) is 107 cm³/mol. The number of carboxylic acid groups (broad SMARTS) is 2. The molecule has 15 heteroatoms. The van der Waals surface area contributed by atoms with E-state index in [1.807, 2.05) is 4.90 Å². The molecule has 0 saturated carbocycles. The van der Waals surface area contributed by atoms with Crippen LogP contribution in [0.15, 0.2) is 4.79 Å². The van der Waals surface area contributed by atoms with Gasteiger partial charge in [0.1, 0.15) is 12.1 Å². The van der Waals surface area contributed by atoms with Gasteiger partial charge in [0.25, 0.3) is 0 Å². The first-order valence-electron chi connectivity index (χ1n) is 9.01. The van der Waals surface area contributed by atoms with Crippen molar-refractivity contribution in [1.29, 1.82) is 0 Å². The van der Waals surface area contributed by atoms with Gasteiger partial charge >= 0.3 is 23.8 Å². The number of piperazine rings is 1. The monoisotopic (exact) mass is 478 g/mol. The number of nitrogens with zero attached hydrogens (tertiary/aromatic N) is 5. The molecule has 0 radical (unpaired) electrons. The molecule has 174 valence electrons. The van der Waals surface area contributed by atoms with E-state index in [1.165, 1.54) is 4.57 Å². The molecule has 1 fully saturated rings. The van der Waals surface area contributed by atoms with Gasteiger partial charge < -0.3 is 20.4 Å². The second-order valence-electron chi connectivity index (χ2n) is 6.30. The van der Waals surface area contributed by atoms with Crippen LogP contribution in [-0.4, -0.2) is 73.6 Å². The molecule has 1 aliphatic heterocycles. The van der Waals surface area contributed by atoms with Crippen molar-refractivity contribution in [2.75, 3.05) is 31.1 Å². The number of carbonyl (C=O) groups is 2. The molecule has 1 aliphatic rings. The summed E-state index contributed by atoms with van der Waals surface area (Å²) in [5.41, 5.74) is 0.173. The standard InChI is InChI=1S/C15H17ClN6O3.C2HF3O2/c1-2-3-6-21-11-12(20-7-4-17-5-8-20)18-14(16)19-13(11)22(15(21)25)9-10(23)24;3-2(4,5)1(6)7/h17H,4-9H2,1H3,(H,23,24);(H,6,7). The zero-order chi connectivity index (χ0) is 24.1. The van der Waals surface area contributed by atoms with E-state index in [-0.39, 0.29) is 17.5 Å². The molecule has 2 aromatic heterocycles. The summed E-state index contributed by atoms with van der Waals surface area (Å²) in [7, 11) is 0. The van der Waals surface area contributed by atoms with Crippen LogP contribution in [0.3, 0.4) is 0 Å². The number of halogens is 4. The normalized spacial score (nSPS) is 13.7. The Labute approximate surface area is 183 Å². The molecule has 0 amide bonds. The molecule has 2 aromatic rings. The Morgan fingerprint density at radius 3 is 2.28 bits per heavy atom. The number of aliphatic carboxylic acids is 2. The average Bonchev–Trinajstić information content (AvgIpc) is 2.97. The van der Waals surface area contributed by atoms with Gasteiger partial charge in [0.15, 0.2) is 11.5 Å². The molecule has 3 heterocycles. The molecule has 3 N–H and O–H groups in total. The van der Waals surface area contributed by atoms with Crippen molar-refractivity contribution in [3.8, 4) is 11.8 Å². The smallest absolute Gasteiger partial charge is 0.480 e. The number of imidazole rings is 1. The van der Waals surface area contributed by atoms with E-state index in [1.54, 1.807) is 6.92 Å². The minimum Gasteiger partial charge on any atom is -0.480 e. The average molecular weight is 479 g/mol. The SMILES string of the molecule is CC#CCn1c(=O)n(CC(=O)O)c2nc(Cl)nc(N3CCNCC3)c21.O=C(O)C(F)(F)F. The van der Waals surface area contributed by atoms with Gasteiger partial charge in [-0.25, -0.2) is 9.59 Å². The van der Waals surface area contributed by atoms with Gasteiger partial charge in [-0.05, 0) is 18.5 Å². The quantitative estimate of drug-likeness (QED) is 0.420. The van der Waals surface area contributed by atoms with Crippen LogP contribution in [-0.2, 0) is 22.7 Å². The van der Waals surface area contributed by atoms with Crippen LogP contribution in [0.4, 0.5) is 19.0 Å². The first-order chi connectivity index (χ1) is 15.0. The van der Waals surface area contributed by atoms with Gasteiger partial charge in [-0.15, -0.1) is 5.92 Å². The summed E-state index contributed by atoms with van der Waals surface area (Å²) in [4.78, 5) is 43.2. The minimum atomic E-state index is -5.08. The highest BCUT2D eigenvalue weighted by molar-refractivity contribution is 6.28. The molecule has 3 rings (SSSR count). The van der Waals surface area contributed by atoms with Gasteiger partial charge in [-0.2, -0.15) is 23.1 Å². The van der Waals surface area contributed by atoms with Crippen LogP contribution in [0.2, 0.25) is 5.28 Å². The van der Waals surface area contributed by atoms with Crippen LogP contribution in [0, 0.1) is 11.8 Å². The lowest BCUT2D eigenvalue weighted by molar-refractivity contribution is -0.192. The summed E-state index contributed by atoms with van der Waals surface area (Å²) in [5.74, 6) is 2.21. The number of nitrogens with one attached hydrogen (secondary N) is 1. The molecular weight excluding hydrogens is 461 g/mol. The van der Waals surface area contributed by atoms with E-state index in [9.17, 15) is 22.8 Å². The molecule has 1 saturated heterocycles. The van der Waals surface area contributed by atoms with Crippen LogP contribution in [0.5, 0.6) is 0 Å². The van der Waals surface area contributed by atoms with E-state index < -0.39 is 30.3 Å². The van der Waals surface area contributed by atoms with Gasteiger partial charge in [-0.1, -0.05) is 5.92 Å². The fraction of sp³-hybridized carbons (Fsp3) is 0.471. The van der Waals surface area contributed by atoms with Crippen molar-refractivity contribution in [2.45, 2.75) is 26.2 Å². The third kappa shape index (κ3) is 5.89. The lowest BCUT2D eigenvalue weighted by Gasteiger charge is -2.28. The number of anilines is 1. The van der Waals surface area contributed by atoms with Crippen molar-refractivity contribution >= 4 is 40.5 Å². The molecule has 11 nitrogen and oxygen atoms in total. The van der Waals surface area contributed by atoms with E-state index >= 15 is 0 Å². The maximum atomic E-state index is 12.7. The lowest BCUT2D eigenvalue weighted by atomic mass is 10.3. The highest BCUT2D eigenvalue weighted by Gasteiger charge is 2.38. The van der Waals surface area contributed by atoms with Gasteiger partial charge in [0.05, 0.1) is 6.54 Å². The topological polar surface area (TPSA) is 143 Å². The van der Waals surface area contributed by atoms with Gasteiger partial charge in [0, 0.05) is 26.2 Å². The van der Waals surface area contributed by atoms with E-state index in [2.05, 4.69) is 27.1 Å². The third-order valence-electron chi connectivity index (χ3n) is 4.17. The maximum absolute atomic E-state index is 12.7. The second kappa shape index (κ2) is 10.3. The van der Waals surface area contributed by atoms with E-state index in [0.29, 0.717) is 24.4 Å². The van der Waals surface area contributed by atoms with Crippen LogP contribution >= 0.6 is 11.6 Å². The van der Waals surface area contributed by atoms with Crippen LogP contribution in [0.1, 0.15) is 6.92 Å². The highest BCUT2D eigenvalue weighted by atomic mass is 35.5. The minimum absolute atomic E-state index is 0.0288. The largest absolute Gasteiger partial charge is 0.490 e. The molecule has 32 heavy (non-hydrogen) atoms. The number of aromatic nitrogens is 4. The Bertz CT molecular complexity index is 1130. The molecule has 0 spiro atoms. The number of carboxylic acids is 2. The van der Waals surface area contributed by atoms with Crippen molar-refractivity contribution in [3.05, 3.63) is 15.8 Å². The summed E-state index contributed by atoms with van der Waals surface area (Å²) in [5, 5.41) is 19.5. The molecule has 0 bridgehead atoms. The molecule has 0 atom stereocenters. The summed E-state index contributed by atoms with van der Waals surface area (Å²) in [6.45, 7) is 4.24. The van der Waals surface area contributed by atoms with Gasteiger partial charge in [0.2, 0.25) is 5.28 Å². The Morgan fingerprint density at radius 1 is 1.19 bits per heavy atom. The van der Waals surface area contributed by atoms with Crippen molar-refractivity contribution in [1.82, 2.24) is 24.4 Å². The first-order valence-corrected chi connectivity index (χ1v) is 9.39. The number of alkyl halides is 3. The van der Waals surface area contributed by atoms with Gasteiger partial charge in [-0.3, -0.25) is 13.9 Å². The predicted octanol–water partition coefficient (Wildman–Crippen LogP) is 0.397. The molecular formula is C17H18ClF3N6O5. The zero-order valence-corrected chi connectivity index (χ0v) is 17.4. The summed E-state index contributed by atoms with van der Waals surface area (Å²) < 4.78 is 34.2. The summed E-state index contributed by atoms with van der Waals surface area (Å²) in [6.07, 6.45) is -5.08. The Balaban J connectivity index is 0.000000451. The number of rotatable bonds is 4. The fourth-order valence-corrected chi connectivity index (χ4v) is 3.01. The summed E-state index contributed by atoms with van der Waals surface area (Å²) in [6, 6.07) is 0. The number of hydrogen-bond donors (Lipinski definition) is 3. The van der Waals surface area contributed by atoms with Crippen molar-refractivity contribution in [3.63, 3.8) is 0 Å². The highest BCUT2D eigenvalue weighted by Crippen LogP contribution is 2.25. The Hall–Kier alpha value is -3.31.